The summed E-state index contributed by atoms with van der Waals surface area (Å²) in [5, 5.41) is 0. The lowest BCUT2D eigenvalue weighted by Crippen LogP contribution is -2.39. The summed E-state index contributed by atoms with van der Waals surface area (Å²) in [6.45, 7) is 2.42. The smallest absolute Gasteiger partial charge is 0.312 e. The van der Waals surface area contributed by atoms with Crippen molar-refractivity contribution in [2.24, 2.45) is 11.8 Å². The highest BCUT2D eigenvalue weighted by atomic mass is 16.5. The lowest BCUT2D eigenvalue weighted by Gasteiger charge is -2.22. The van der Waals surface area contributed by atoms with Gasteiger partial charge in [-0.25, -0.2) is 0 Å². The number of para-hydroxylation sites is 1. The molecule has 1 aromatic rings. The molecular weight excluding hydrogens is 282 g/mol. The Bertz CT molecular complexity index is 698. The van der Waals surface area contributed by atoms with Gasteiger partial charge in [-0.15, -0.1) is 0 Å². The first-order valence-electron chi connectivity index (χ1n) is 7.39. The van der Waals surface area contributed by atoms with Gasteiger partial charge in [0.1, 0.15) is 11.5 Å². The molecule has 3 aliphatic heterocycles. The van der Waals surface area contributed by atoms with Crippen molar-refractivity contribution in [1.82, 2.24) is 0 Å². The Balaban J connectivity index is 1.75. The zero-order valence-corrected chi connectivity index (χ0v) is 12.5. The summed E-state index contributed by atoms with van der Waals surface area (Å²) in [6, 6.07) is 7.75. The summed E-state index contributed by atoms with van der Waals surface area (Å²) >= 11 is 0. The fraction of sp³-hybridized carbons (Fsp3) is 0.412. The molecule has 4 atom stereocenters. The molecule has 5 nitrogen and oxygen atoms in total. The summed E-state index contributed by atoms with van der Waals surface area (Å²) in [7, 11) is 1.35. The van der Waals surface area contributed by atoms with Gasteiger partial charge in [-0.3, -0.25) is 9.59 Å². The first-order chi connectivity index (χ1) is 10.6. The number of esters is 1. The van der Waals surface area contributed by atoms with Crippen LogP contribution in [0, 0.1) is 18.8 Å². The number of methoxy groups -OCH3 is 1. The molecule has 1 spiro atoms. The number of carbonyl (C=O) groups is 2. The van der Waals surface area contributed by atoms with Crippen LogP contribution in [-0.4, -0.2) is 37.2 Å². The van der Waals surface area contributed by atoms with Gasteiger partial charge in [-0.1, -0.05) is 30.4 Å². The van der Waals surface area contributed by atoms with E-state index in [1.165, 1.54) is 7.11 Å². The minimum absolute atomic E-state index is 0.0587. The van der Waals surface area contributed by atoms with Gasteiger partial charge in [-0.05, 0) is 18.6 Å². The predicted molar refractivity (Wildman–Crippen MR) is 79.3 cm³/mol. The molecule has 0 N–H and O–H groups in total. The van der Waals surface area contributed by atoms with Gasteiger partial charge in [0.2, 0.25) is 5.91 Å². The van der Waals surface area contributed by atoms with Crippen molar-refractivity contribution < 1.29 is 19.1 Å². The molecule has 4 rings (SSSR count). The summed E-state index contributed by atoms with van der Waals surface area (Å²) in [5.41, 5.74) is 1.21. The van der Waals surface area contributed by atoms with Crippen LogP contribution in [0.2, 0.25) is 0 Å². The number of aryl methyl sites for hydroxylation is 1. The van der Waals surface area contributed by atoms with E-state index >= 15 is 0 Å². The minimum Gasteiger partial charge on any atom is -0.469 e. The number of hydrogen-bond acceptors (Lipinski definition) is 4. The third kappa shape index (κ3) is 1.57. The molecule has 0 aromatic heterocycles. The van der Waals surface area contributed by atoms with E-state index in [1.807, 2.05) is 43.3 Å². The van der Waals surface area contributed by atoms with Crippen LogP contribution in [0.25, 0.3) is 0 Å². The maximum atomic E-state index is 13.0. The first kappa shape index (κ1) is 13.5. The molecule has 22 heavy (non-hydrogen) atoms. The quantitative estimate of drug-likeness (QED) is 0.613. The molecule has 1 aromatic carbocycles. The maximum Gasteiger partial charge on any atom is 0.312 e. The van der Waals surface area contributed by atoms with E-state index in [1.54, 1.807) is 4.90 Å². The Labute approximate surface area is 128 Å². The molecule has 3 heterocycles. The van der Waals surface area contributed by atoms with E-state index in [-0.39, 0.29) is 18.0 Å². The summed E-state index contributed by atoms with van der Waals surface area (Å²) < 4.78 is 10.9. The van der Waals surface area contributed by atoms with Gasteiger partial charge in [0.15, 0.2) is 0 Å². The van der Waals surface area contributed by atoms with Gasteiger partial charge in [0.25, 0.3) is 0 Å². The molecule has 114 valence electrons. The number of benzene rings is 1. The van der Waals surface area contributed by atoms with Crippen LogP contribution in [0.4, 0.5) is 5.69 Å². The van der Waals surface area contributed by atoms with E-state index in [9.17, 15) is 9.59 Å². The van der Waals surface area contributed by atoms with Crippen molar-refractivity contribution in [3.05, 3.63) is 42.0 Å². The van der Waals surface area contributed by atoms with Crippen molar-refractivity contribution in [3.63, 3.8) is 0 Å². The first-order valence-corrected chi connectivity index (χ1v) is 7.39. The number of hydrogen-bond donors (Lipinski definition) is 0. The highest BCUT2D eigenvalue weighted by Crippen LogP contribution is 2.53. The average molecular weight is 299 g/mol. The van der Waals surface area contributed by atoms with Crippen LogP contribution in [0.1, 0.15) is 5.56 Å². The Morgan fingerprint density at radius 1 is 1.41 bits per heavy atom. The molecule has 0 aliphatic carbocycles. The zero-order chi connectivity index (χ0) is 15.5. The van der Waals surface area contributed by atoms with Crippen LogP contribution in [0.5, 0.6) is 0 Å². The molecule has 2 bridgehead atoms. The lowest BCUT2D eigenvalue weighted by atomic mass is 9.77. The second-order valence-electron chi connectivity index (χ2n) is 6.13. The Hall–Kier alpha value is -2.14. The molecule has 0 saturated carbocycles. The van der Waals surface area contributed by atoms with Crippen molar-refractivity contribution in [2.45, 2.75) is 18.6 Å². The topological polar surface area (TPSA) is 55.8 Å². The van der Waals surface area contributed by atoms with Crippen LogP contribution < -0.4 is 4.90 Å². The predicted octanol–water partition coefficient (Wildman–Crippen LogP) is 1.45. The third-order valence-corrected chi connectivity index (χ3v) is 4.98. The zero-order valence-electron chi connectivity index (χ0n) is 12.5. The van der Waals surface area contributed by atoms with Crippen molar-refractivity contribution in [2.75, 3.05) is 18.6 Å². The SMILES string of the molecule is COC(=O)[C@@H]1[C@@H]2C=C[C@]3(CN(c4ccccc4C)C(=O)[C@H]13)O2. The van der Waals surface area contributed by atoms with E-state index in [4.69, 9.17) is 9.47 Å². The van der Waals surface area contributed by atoms with Crippen molar-refractivity contribution >= 4 is 17.6 Å². The summed E-state index contributed by atoms with van der Waals surface area (Å²) in [4.78, 5) is 26.8. The monoisotopic (exact) mass is 299 g/mol. The molecule has 2 fully saturated rings. The van der Waals surface area contributed by atoms with Gasteiger partial charge < -0.3 is 14.4 Å². The van der Waals surface area contributed by atoms with Gasteiger partial charge in [-0.2, -0.15) is 0 Å². The Kier molecular flexibility index (Phi) is 2.72. The highest BCUT2D eigenvalue weighted by molar-refractivity contribution is 6.03. The van der Waals surface area contributed by atoms with Gasteiger partial charge in [0, 0.05) is 5.69 Å². The molecule has 5 heteroatoms. The fourth-order valence-electron chi connectivity index (χ4n) is 3.97. The second-order valence-corrected chi connectivity index (χ2v) is 6.13. The number of amides is 1. The van der Waals surface area contributed by atoms with Gasteiger partial charge in [0.05, 0.1) is 25.7 Å². The Morgan fingerprint density at radius 2 is 2.18 bits per heavy atom. The third-order valence-electron chi connectivity index (χ3n) is 4.98. The molecular formula is C17H17NO4. The number of anilines is 1. The lowest BCUT2D eigenvalue weighted by molar-refractivity contribution is -0.149. The van der Waals surface area contributed by atoms with Crippen LogP contribution in [-0.2, 0) is 19.1 Å². The highest BCUT2D eigenvalue weighted by Gasteiger charge is 2.67. The molecule has 0 unspecified atom stereocenters. The number of ether oxygens (including phenoxy) is 2. The normalized spacial score (nSPS) is 35.1. The van der Waals surface area contributed by atoms with E-state index in [2.05, 4.69) is 0 Å². The Morgan fingerprint density at radius 3 is 2.91 bits per heavy atom. The van der Waals surface area contributed by atoms with Crippen LogP contribution >= 0.6 is 0 Å². The number of rotatable bonds is 2. The van der Waals surface area contributed by atoms with E-state index in [0.29, 0.717) is 6.54 Å². The van der Waals surface area contributed by atoms with Crippen molar-refractivity contribution in [1.29, 1.82) is 0 Å². The molecule has 0 radical (unpaired) electrons. The summed E-state index contributed by atoms with van der Waals surface area (Å²) in [5.74, 6) is -1.47. The van der Waals surface area contributed by atoms with Crippen molar-refractivity contribution in [3.8, 4) is 0 Å². The summed E-state index contributed by atoms with van der Waals surface area (Å²) in [6.07, 6.45) is 3.48. The van der Waals surface area contributed by atoms with Crippen LogP contribution in [0.3, 0.4) is 0 Å². The average Bonchev–Trinajstić information content (AvgIpc) is 3.15. The molecule has 2 saturated heterocycles. The number of nitrogens with zero attached hydrogens (tertiary/aromatic N) is 1. The minimum atomic E-state index is -0.692. The van der Waals surface area contributed by atoms with Crippen LogP contribution in [0.15, 0.2) is 36.4 Å². The maximum absolute atomic E-state index is 13.0. The molecule has 3 aliphatic rings. The molecule has 1 amide bonds. The largest absolute Gasteiger partial charge is 0.469 e. The number of carbonyl (C=O) groups excluding carboxylic acids is 2. The van der Waals surface area contributed by atoms with E-state index in [0.717, 1.165) is 11.3 Å². The fourth-order valence-corrected chi connectivity index (χ4v) is 3.97. The second kappa shape index (κ2) is 4.43. The number of fused-ring (bicyclic) bond motifs is 1. The standard InChI is InChI=1S/C17H17NO4/c1-10-5-3-4-6-11(10)18-9-17-8-7-12(22-17)13(16(20)21-2)14(17)15(18)19/h3-8,12-14H,9H2,1-2H3/t12-,13+,14-,17+/m0/s1. The van der Waals surface area contributed by atoms with E-state index < -0.39 is 17.4 Å². The van der Waals surface area contributed by atoms with Gasteiger partial charge >= 0.3 is 5.97 Å².